The molecule has 0 aromatic carbocycles. The number of fused-ring (bicyclic) bond motifs is 1. The van der Waals surface area contributed by atoms with Crippen molar-refractivity contribution in [1.82, 2.24) is 10.2 Å². The third-order valence-electron chi connectivity index (χ3n) is 4.79. The van der Waals surface area contributed by atoms with Gasteiger partial charge in [-0.05, 0) is 50.1 Å². The highest BCUT2D eigenvalue weighted by Crippen LogP contribution is 2.32. The first-order valence-electron chi connectivity index (χ1n) is 7.91. The average molecular weight is 294 g/mol. The zero-order valence-electron chi connectivity index (χ0n) is 12.6. The molecule has 3 atom stereocenters. The third-order valence-corrected chi connectivity index (χ3v) is 5.79. The van der Waals surface area contributed by atoms with E-state index >= 15 is 0 Å². The van der Waals surface area contributed by atoms with Crippen LogP contribution in [0.25, 0.3) is 0 Å². The van der Waals surface area contributed by atoms with E-state index in [1.165, 1.54) is 25.8 Å². The molecule has 0 saturated carbocycles. The third kappa shape index (κ3) is 3.08. The lowest BCUT2D eigenvalue weighted by Gasteiger charge is -2.34. The van der Waals surface area contributed by atoms with Crippen LogP contribution in [-0.4, -0.2) is 43.3 Å². The van der Waals surface area contributed by atoms with Crippen LogP contribution < -0.4 is 5.32 Å². The Labute approximate surface area is 126 Å². The lowest BCUT2D eigenvalue weighted by Crippen LogP contribution is -2.43. The summed E-state index contributed by atoms with van der Waals surface area (Å²) in [6.07, 6.45) is 4.09. The first-order valence-corrected chi connectivity index (χ1v) is 8.79. The molecule has 0 bridgehead atoms. The van der Waals surface area contributed by atoms with E-state index in [9.17, 15) is 0 Å². The topological polar surface area (TPSA) is 24.5 Å². The van der Waals surface area contributed by atoms with Gasteiger partial charge >= 0.3 is 0 Å². The van der Waals surface area contributed by atoms with Crippen LogP contribution in [0.4, 0.5) is 0 Å². The largest absolute Gasteiger partial charge is 0.377 e. The molecule has 1 aromatic heterocycles. The molecule has 4 heteroatoms. The van der Waals surface area contributed by atoms with E-state index in [1.807, 2.05) is 11.3 Å². The van der Waals surface area contributed by atoms with Crippen molar-refractivity contribution in [2.45, 2.75) is 51.3 Å². The molecule has 0 radical (unpaired) electrons. The van der Waals surface area contributed by atoms with Gasteiger partial charge in [-0.25, -0.2) is 0 Å². The maximum Gasteiger partial charge on any atom is 0.0726 e. The quantitative estimate of drug-likeness (QED) is 0.904. The maximum absolute atomic E-state index is 5.74. The summed E-state index contributed by atoms with van der Waals surface area (Å²) in [5.41, 5.74) is 1.55. The van der Waals surface area contributed by atoms with Crippen LogP contribution in [0.2, 0.25) is 0 Å². The fourth-order valence-corrected chi connectivity index (χ4v) is 4.39. The molecule has 3 rings (SSSR count). The first kappa shape index (κ1) is 14.5. The highest BCUT2D eigenvalue weighted by Gasteiger charge is 2.25. The van der Waals surface area contributed by atoms with Crippen LogP contribution in [0, 0.1) is 0 Å². The van der Waals surface area contributed by atoms with Crippen molar-refractivity contribution in [2.75, 3.05) is 26.2 Å². The van der Waals surface area contributed by atoms with Crippen LogP contribution >= 0.6 is 11.3 Å². The number of rotatable bonds is 5. The Morgan fingerprint density at radius 3 is 3.25 bits per heavy atom. The molecule has 0 amide bonds. The van der Waals surface area contributed by atoms with E-state index in [4.69, 9.17) is 4.74 Å². The molecule has 0 spiro atoms. The van der Waals surface area contributed by atoms with Gasteiger partial charge in [-0.15, -0.1) is 11.3 Å². The Morgan fingerprint density at radius 1 is 1.55 bits per heavy atom. The highest BCUT2D eigenvalue weighted by molar-refractivity contribution is 7.10. The van der Waals surface area contributed by atoms with Crippen molar-refractivity contribution in [2.24, 2.45) is 0 Å². The van der Waals surface area contributed by atoms with E-state index in [-0.39, 0.29) is 0 Å². The summed E-state index contributed by atoms with van der Waals surface area (Å²) in [5, 5.41) is 5.88. The lowest BCUT2D eigenvalue weighted by molar-refractivity contribution is 0.0817. The summed E-state index contributed by atoms with van der Waals surface area (Å²) in [6, 6.07) is 3.36. The Hall–Kier alpha value is -0.420. The van der Waals surface area contributed by atoms with Gasteiger partial charge in [-0.1, -0.05) is 0 Å². The summed E-state index contributed by atoms with van der Waals surface area (Å²) in [4.78, 5) is 4.19. The number of hydrogen-bond acceptors (Lipinski definition) is 4. The minimum absolute atomic E-state index is 0.428. The number of hydrogen-bond donors (Lipinski definition) is 1. The zero-order chi connectivity index (χ0) is 13.9. The van der Waals surface area contributed by atoms with Crippen LogP contribution in [0.3, 0.4) is 0 Å². The molecule has 20 heavy (non-hydrogen) atoms. The van der Waals surface area contributed by atoms with E-state index in [0.29, 0.717) is 18.2 Å². The Bertz CT molecular complexity index is 428. The fraction of sp³-hybridized carbons (Fsp3) is 0.750. The van der Waals surface area contributed by atoms with Gasteiger partial charge in [0, 0.05) is 43.2 Å². The second-order valence-electron chi connectivity index (χ2n) is 6.06. The van der Waals surface area contributed by atoms with Crippen LogP contribution in [-0.2, 0) is 11.2 Å². The Kier molecular flexibility index (Phi) is 4.76. The number of ether oxygens (including phenoxy) is 1. The molecular formula is C16H26N2OS. The summed E-state index contributed by atoms with van der Waals surface area (Å²) in [6.45, 7) is 8.94. The molecule has 3 nitrogen and oxygen atoms in total. The summed E-state index contributed by atoms with van der Waals surface area (Å²) in [5.74, 6) is 0. The van der Waals surface area contributed by atoms with Gasteiger partial charge < -0.3 is 10.1 Å². The molecule has 1 fully saturated rings. The minimum Gasteiger partial charge on any atom is -0.377 e. The Morgan fingerprint density at radius 2 is 2.45 bits per heavy atom. The molecule has 2 aliphatic heterocycles. The average Bonchev–Trinajstić information content (AvgIpc) is 3.11. The number of thiophene rings is 1. The predicted molar refractivity (Wildman–Crippen MR) is 84.4 cm³/mol. The Balaban J connectivity index is 1.45. The fourth-order valence-electron chi connectivity index (χ4n) is 3.43. The van der Waals surface area contributed by atoms with E-state index in [2.05, 4.69) is 35.5 Å². The van der Waals surface area contributed by atoms with Crippen LogP contribution in [0.1, 0.15) is 43.2 Å². The lowest BCUT2D eigenvalue weighted by atomic mass is 10.0. The van der Waals surface area contributed by atoms with Gasteiger partial charge in [0.15, 0.2) is 0 Å². The molecule has 3 unspecified atom stereocenters. The molecule has 3 heterocycles. The van der Waals surface area contributed by atoms with E-state index in [0.717, 1.165) is 19.7 Å². The summed E-state index contributed by atoms with van der Waals surface area (Å²) in [7, 11) is 0. The van der Waals surface area contributed by atoms with Gasteiger partial charge in [0.25, 0.3) is 0 Å². The molecule has 1 saturated heterocycles. The summed E-state index contributed by atoms with van der Waals surface area (Å²) < 4.78 is 5.74. The van der Waals surface area contributed by atoms with Crippen LogP contribution in [0.15, 0.2) is 11.4 Å². The highest BCUT2D eigenvalue weighted by atomic mass is 32.1. The van der Waals surface area contributed by atoms with Crippen molar-refractivity contribution >= 4 is 11.3 Å². The van der Waals surface area contributed by atoms with Crippen molar-refractivity contribution < 1.29 is 4.74 Å². The molecule has 0 aliphatic carbocycles. The van der Waals surface area contributed by atoms with Crippen molar-refractivity contribution in [3.8, 4) is 0 Å². The number of nitrogens with one attached hydrogen (secondary N) is 1. The van der Waals surface area contributed by atoms with E-state index in [1.54, 1.807) is 10.4 Å². The zero-order valence-corrected chi connectivity index (χ0v) is 13.4. The molecular weight excluding hydrogens is 268 g/mol. The van der Waals surface area contributed by atoms with Gasteiger partial charge in [0.2, 0.25) is 0 Å². The van der Waals surface area contributed by atoms with Crippen LogP contribution in [0.5, 0.6) is 0 Å². The second kappa shape index (κ2) is 6.56. The normalized spacial score (nSPS) is 28.5. The van der Waals surface area contributed by atoms with Gasteiger partial charge in [0.1, 0.15) is 0 Å². The van der Waals surface area contributed by atoms with E-state index < -0.39 is 0 Å². The van der Waals surface area contributed by atoms with Gasteiger partial charge in [0.05, 0.1) is 6.10 Å². The van der Waals surface area contributed by atoms with Crippen molar-refractivity contribution in [3.05, 3.63) is 21.9 Å². The first-order chi connectivity index (χ1) is 9.75. The SMILES string of the molecule is CC(NCCN1CCc2sccc2C1C)C1CCCO1. The molecule has 1 N–H and O–H groups in total. The van der Waals surface area contributed by atoms with Gasteiger partial charge in [-0.2, -0.15) is 0 Å². The number of nitrogens with zero attached hydrogens (tertiary/aromatic N) is 1. The molecule has 2 aliphatic rings. The monoisotopic (exact) mass is 294 g/mol. The van der Waals surface area contributed by atoms with Gasteiger partial charge in [-0.3, -0.25) is 4.90 Å². The second-order valence-corrected chi connectivity index (χ2v) is 7.06. The summed E-state index contributed by atoms with van der Waals surface area (Å²) >= 11 is 1.92. The molecule has 1 aromatic rings. The maximum atomic E-state index is 5.74. The minimum atomic E-state index is 0.428. The van der Waals surface area contributed by atoms with Crippen molar-refractivity contribution in [3.63, 3.8) is 0 Å². The molecule has 112 valence electrons. The standard InChI is InChI=1S/C16H26N2OS/c1-12(15-4-3-10-19-15)17-7-9-18-8-5-16-14(13(18)2)6-11-20-16/h6,11-13,15,17H,3-5,7-10H2,1-2H3. The smallest absolute Gasteiger partial charge is 0.0726 e. The predicted octanol–water partition coefficient (Wildman–Crippen LogP) is 2.82. The van der Waals surface area contributed by atoms with Crippen molar-refractivity contribution in [1.29, 1.82) is 0 Å².